The monoisotopic (exact) mass is 1660 g/mol. The van der Waals surface area contributed by atoms with E-state index in [9.17, 15) is 29.1 Å². The van der Waals surface area contributed by atoms with Crippen LogP contribution in [-0.4, -0.2) is 86.7 Å². The third kappa shape index (κ3) is 25.4. The normalized spacial score (nSPS) is 17.7. The number of nitrogens with one attached hydrogen (secondary N) is 4. The fraction of sp³-hybridized carbons (Fsp3) is 0.538. The largest absolute Gasteiger partial charge is 0.871 e. The van der Waals surface area contributed by atoms with Crippen LogP contribution in [0.3, 0.4) is 0 Å². The van der Waals surface area contributed by atoms with Crippen molar-refractivity contribution in [3.8, 4) is 0 Å². The van der Waals surface area contributed by atoms with Crippen LogP contribution < -0.4 is 46.1 Å². The highest BCUT2D eigenvalue weighted by Crippen LogP contribution is 2.54. The smallest absolute Gasteiger partial charge is 0.305 e. The highest BCUT2D eigenvalue weighted by atomic mass is 16.6. The van der Waals surface area contributed by atoms with Gasteiger partial charge < -0.3 is 60.4 Å². The van der Waals surface area contributed by atoms with Crippen LogP contribution in [0.1, 0.15) is 319 Å². The third-order valence-electron chi connectivity index (χ3n) is 25.4. The number of pyridine rings is 1. The molecule has 12 rings (SSSR count). The van der Waals surface area contributed by atoms with Gasteiger partial charge in [-0.3, -0.25) is 24.0 Å². The van der Waals surface area contributed by atoms with Crippen molar-refractivity contribution in [3.63, 3.8) is 0 Å². The molecule has 6 aromatic carbocycles. The maximum Gasteiger partial charge on any atom is 0.305 e. The molecule has 122 heavy (non-hydrogen) atoms. The molecule has 0 radical (unpaired) electrons. The van der Waals surface area contributed by atoms with Crippen molar-refractivity contribution in [2.75, 3.05) is 59.6 Å². The van der Waals surface area contributed by atoms with Crippen LogP contribution in [0.2, 0.25) is 0 Å². The SMILES string of the molecule is CCCCCCCCCCCC(=O)OCC1(COC(=O)CCCCCCCCCCC)Nc2cccc3ccc(C4C([O-])C(c5ccc6cccc7c6c5NC(COC(=O)CCCCCCCCCCC)(COC(=O)CCCCCCCCCCC)N7)C4[O-])c(c23)N1.CN1C(=CC2=C([O-])C(=Cc3ccc4ccccc4[n+]3C)C2=O)C=Cc2ccccc21. The Bertz CT molecular complexity index is 4460. The van der Waals surface area contributed by atoms with E-state index < -0.39 is 35.4 Å². The van der Waals surface area contributed by atoms with E-state index in [0.717, 1.165) is 132 Å². The molecule has 2 aliphatic carbocycles. The highest BCUT2D eigenvalue weighted by Gasteiger charge is 2.47. The summed E-state index contributed by atoms with van der Waals surface area (Å²) in [5.74, 6) is -3.77. The predicted molar refractivity (Wildman–Crippen MR) is 489 cm³/mol. The highest BCUT2D eigenvalue weighted by molar-refractivity contribution is 6.23. The van der Waals surface area contributed by atoms with Gasteiger partial charge >= 0.3 is 23.9 Å². The summed E-state index contributed by atoms with van der Waals surface area (Å²) in [5.41, 5.74) is 6.29. The lowest BCUT2D eigenvalue weighted by atomic mass is 9.62. The number of para-hydroxylation sites is 2. The average Bonchev–Trinajstić information content (AvgIpc) is 0.707. The minimum absolute atomic E-state index is 0.180. The summed E-state index contributed by atoms with van der Waals surface area (Å²) in [6.45, 7) is 8.18. The molecular weight excluding hydrogens is 1530 g/mol. The quantitative estimate of drug-likeness (QED) is 0.00910. The number of likely N-dealkylation sites (N-methyl/N-ethyl adjacent to an activating group) is 1. The maximum absolute atomic E-state index is 15.4. The number of nitrogens with zero attached hydrogens (tertiary/aromatic N) is 2. The first-order chi connectivity index (χ1) is 59.5. The molecule has 0 spiro atoms. The first-order valence-corrected chi connectivity index (χ1v) is 47.0. The summed E-state index contributed by atoms with van der Waals surface area (Å²) in [6.07, 6.45) is 45.9. The second-order valence-corrected chi connectivity index (χ2v) is 35.0. The van der Waals surface area contributed by atoms with Gasteiger partial charge in [0.1, 0.15) is 33.5 Å². The van der Waals surface area contributed by atoms with Gasteiger partial charge in [-0.1, -0.05) is 324 Å². The number of carbonyl (C=O) groups excluding carboxylic acids is 5. The van der Waals surface area contributed by atoms with Crippen LogP contribution in [0, 0.1) is 0 Å². The summed E-state index contributed by atoms with van der Waals surface area (Å²) in [4.78, 5) is 69.2. The Hall–Kier alpha value is -9.52. The molecule has 4 N–H and O–H groups in total. The van der Waals surface area contributed by atoms with Crippen molar-refractivity contribution in [1.82, 2.24) is 0 Å². The van der Waals surface area contributed by atoms with Gasteiger partial charge in [0, 0.05) is 112 Å². The summed E-state index contributed by atoms with van der Waals surface area (Å²) in [7, 11) is 3.88. The Morgan fingerprint density at radius 3 is 1.18 bits per heavy atom. The Labute approximate surface area is 726 Å². The lowest BCUT2D eigenvalue weighted by Gasteiger charge is -2.62. The minimum Gasteiger partial charge on any atom is -0.871 e. The van der Waals surface area contributed by atoms with Gasteiger partial charge in [-0.2, -0.15) is 4.57 Å². The number of anilines is 5. The predicted octanol–water partition coefficient (Wildman–Crippen LogP) is 21.5. The number of ketones is 1. The number of unbranched alkanes of at least 4 members (excludes halogenated alkanes) is 32. The number of fused-ring (bicyclic) bond motifs is 2. The van der Waals surface area contributed by atoms with Crippen LogP contribution in [0.5, 0.6) is 0 Å². The molecule has 3 aliphatic heterocycles. The second-order valence-electron chi connectivity index (χ2n) is 35.0. The van der Waals surface area contributed by atoms with Crippen molar-refractivity contribution in [2.24, 2.45) is 7.05 Å². The number of carbonyl (C=O) groups is 5. The molecule has 0 bridgehead atoms. The van der Waals surface area contributed by atoms with Gasteiger partial charge in [0.25, 0.3) is 0 Å². The zero-order chi connectivity index (χ0) is 86.1. The summed E-state index contributed by atoms with van der Waals surface area (Å²) < 4.78 is 26.4. The molecule has 4 heterocycles. The molecule has 1 aromatic heterocycles. The van der Waals surface area contributed by atoms with Crippen molar-refractivity contribution in [2.45, 2.75) is 320 Å². The number of aromatic nitrogens is 1. The number of aryl methyl sites for hydroxylation is 1. The fourth-order valence-electron chi connectivity index (χ4n) is 18.1. The van der Waals surface area contributed by atoms with Crippen LogP contribution >= 0.6 is 0 Å². The van der Waals surface area contributed by atoms with Crippen LogP contribution in [-0.2, 0) is 50.0 Å². The van der Waals surface area contributed by atoms with Crippen molar-refractivity contribution in [3.05, 3.63) is 178 Å². The number of Topliss-reactive ketones (excluding diaryl/α,β-unsaturated/α-hetero) is 1. The number of ether oxygens (including phenoxy) is 4. The molecule has 5 aliphatic rings. The van der Waals surface area contributed by atoms with E-state index in [1.807, 2.05) is 157 Å². The molecule has 0 atom stereocenters. The van der Waals surface area contributed by atoms with E-state index in [1.165, 1.54) is 128 Å². The lowest BCUT2D eigenvalue weighted by Crippen LogP contribution is -2.64. The Morgan fingerprint density at radius 2 is 0.779 bits per heavy atom. The number of rotatable bonds is 52. The Kier molecular flexibility index (Phi) is 36.6. The molecular formula is C104H138N6O12-2. The van der Waals surface area contributed by atoms with Crippen molar-refractivity contribution >= 4 is 103 Å². The fourth-order valence-corrected chi connectivity index (χ4v) is 18.1. The molecule has 18 heteroatoms. The topological polar surface area (TPSA) is 247 Å². The van der Waals surface area contributed by atoms with Crippen LogP contribution in [0.25, 0.3) is 44.6 Å². The van der Waals surface area contributed by atoms with E-state index in [0.29, 0.717) is 59.6 Å². The number of hydrogen-bond acceptors (Lipinski definition) is 17. The zero-order valence-corrected chi connectivity index (χ0v) is 74.1. The van der Waals surface area contributed by atoms with Gasteiger partial charge in [0.05, 0.1) is 0 Å². The average molecular weight is 1660 g/mol. The lowest BCUT2D eigenvalue weighted by molar-refractivity contribution is -0.646. The number of allylic oxidation sites excluding steroid dienone is 4. The van der Waals surface area contributed by atoms with Crippen molar-refractivity contribution in [1.29, 1.82) is 0 Å². The summed E-state index contributed by atoms with van der Waals surface area (Å²) in [5, 5.41) is 62.4. The van der Waals surface area contributed by atoms with Crippen LogP contribution in [0.15, 0.2) is 156 Å². The minimum atomic E-state index is -1.40. The summed E-state index contributed by atoms with van der Waals surface area (Å²) in [6, 6.07) is 39.3. The Morgan fingerprint density at radius 1 is 0.418 bits per heavy atom. The second kappa shape index (κ2) is 47.9. The molecule has 0 amide bonds. The standard InChI is InChI=1S/C78H118N4O10.C26H20N2O2/c1-5-9-13-17-21-25-29-33-37-47-65(83)89-55-77(56-90-66(84)48-38-34-30-26-22-18-14-10-6-2)79-63-45-41-43-59-51-53-61(73(81-77)69(59)63)71-75(87)72(76(71)88)62-54-52-60-44-42-46-64-70(60)74(62)82-78(80-64,57-91-67(85)49-39-35-31-27-23-19-15-11-7-3)58-92-68(86)50-40-36-32-28-24-20-16-12-8-4;1-27-19(13-11-17-7-3-5-9-23(17)27)15-21-25(29)22(26(21)30)16-20-14-12-18-8-4-6-10-24(18)28(20)2/h41-46,51-54,71-72,75-76,79-82H,5-40,47-50,55-58H2,1-4H3;3-16H,1-2H3/q-2;. The van der Waals surface area contributed by atoms with Gasteiger partial charge in [0.2, 0.25) is 11.2 Å². The zero-order valence-electron chi connectivity index (χ0n) is 74.1. The van der Waals surface area contributed by atoms with Gasteiger partial charge in [-0.15, -0.1) is 12.2 Å². The Balaban J connectivity index is 0.000000400. The van der Waals surface area contributed by atoms with E-state index >= 15 is 10.2 Å². The maximum atomic E-state index is 15.4. The number of esters is 4. The molecule has 0 unspecified atom stereocenters. The molecule has 7 aromatic rings. The van der Waals surface area contributed by atoms with E-state index in [-0.39, 0.29) is 98.7 Å². The molecule has 18 nitrogen and oxygen atoms in total. The van der Waals surface area contributed by atoms with Gasteiger partial charge in [-0.25, -0.2) is 0 Å². The van der Waals surface area contributed by atoms with Crippen molar-refractivity contribution < 1.29 is 62.8 Å². The summed E-state index contributed by atoms with van der Waals surface area (Å²) >= 11 is 0. The third-order valence-corrected chi connectivity index (χ3v) is 25.4. The van der Waals surface area contributed by atoms with Gasteiger partial charge in [0.15, 0.2) is 17.1 Å². The van der Waals surface area contributed by atoms with Gasteiger partial charge in [-0.05, 0) is 107 Å². The molecule has 0 saturated heterocycles. The molecule has 1 saturated carbocycles. The van der Waals surface area contributed by atoms with Crippen LogP contribution in [0.4, 0.5) is 28.4 Å². The molecule has 658 valence electrons. The van der Waals surface area contributed by atoms with E-state index in [2.05, 4.69) is 49.0 Å². The number of hydrogen-bond donors (Lipinski definition) is 4. The molecule has 1 fully saturated rings. The number of benzene rings is 6. The van der Waals surface area contributed by atoms with E-state index in [4.69, 9.17) is 18.9 Å². The first kappa shape index (κ1) is 93.2. The first-order valence-electron chi connectivity index (χ1n) is 47.0. The van der Waals surface area contributed by atoms with E-state index in [1.54, 1.807) is 12.2 Å².